The molecule has 0 spiro atoms. The van der Waals surface area contributed by atoms with Crippen molar-refractivity contribution < 1.29 is 24.6 Å². The van der Waals surface area contributed by atoms with Crippen LogP contribution in [0.3, 0.4) is 0 Å². The molecule has 2 amide bonds. The molecule has 56 heavy (non-hydrogen) atoms. The average molecular weight is 765 g/mol. The molecule has 5 fully saturated rings. The number of aromatic carboxylic acids is 1. The molecule has 2 aromatic rings. The van der Waals surface area contributed by atoms with Crippen molar-refractivity contribution in [2.45, 2.75) is 138 Å². The molecule has 5 aliphatic rings. The lowest BCUT2D eigenvalue weighted by atomic mass is 9.32. The van der Waals surface area contributed by atoms with E-state index in [0.717, 1.165) is 56.1 Å². The minimum Gasteiger partial charge on any atom is -0.478 e. The highest BCUT2D eigenvalue weighted by Gasteiger charge is 2.71. The molecule has 0 aliphatic heterocycles. The Balaban J connectivity index is 1.07. The lowest BCUT2D eigenvalue weighted by molar-refractivity contribution is -0.246. The van der Waals surface area contributed by atoms with Crippen molar-refractivity contribution in [3.63, 3.8) is 0 Å². The van der Waals surface area contributed by atoms with Gasteiger partial charge >= 0.3 is 5.97 Å². The Kier molecular flexibility index (Phi) is 10.3. The number of fused-ring (bicyclic) bond motifs is 7. The van der Waals surface area contributed by atoms with Gasteiger partial charge in [0.05, 0.1) is 17.1 Å². The van der Waals surface area contributed by atoms with E-state index in [1.165, 1.54) is 24.8 Å². The minimum absolute atomic E-state index is 0.0689. The van der Waals surface area contributed by atoms with Crippen LogP contribution in [0.1, 0.15) is 151 Å². The molecule has 0 saturated heterocycles. The topological polar surface area (TPSA) is 116 Å². The summed E-state index contributed by atoms with van der Waals surface area (Å²) in [6.45, 7) is 23.8. The fourth-order valence-electron chi connectivity index (χ4n) is 14.3. The van der Waals surface area contributed by atoms with Crippen LogP contribution in [0, 0.1) is 56.7 Å². The summed E-state index contributed by atoms with van der Waals surface area (Å²) in [4.78, 5) is 39.7. The molecular formula is C49H68N2O5. The molecule has 7 nitrogen and oxygen atoms in total. The monoisotopic (exact) mass is 765 g/mol. The molecule has 2 aromatic carbocycles. The minimum atomic E-state index is -0.976. The fraction of sp³-hybridized carbons (Fsp3) is 0.653. The standard InChI is InChI=1S/C49H68N2O5/c1-30(2)35-18-23-49(25-24-47(8)36(40(35)49)16-17-38-46(7)21-20-39(52)45(5,6)37(46)19-22-48(38,47)9)43(56)50-28-31-12-10-13-32(26-31)41(53)51-29-44(3,4)34-15-11-14-33(27-34)42(54)55/h10-15,26-27,35-40,52H,1,16-25,28-29H2,2-9H3,(H,50,56)(H,51,53)(H,54,55)/t35-,36?,37?,38?,39?,40?,46?,47+,48?,49?/m0/s1. The predicted octanol–water partition coefficient (Wildman–Crippen LogP) is 9.73. The van der Waals surface area contributed by atoms with Crippen LogP contribution in [-0.4, -0.2) is 40.6 Å². The van der Waals surface area contributed by atoms with E-state index in [4.69, 9.17) is 0 Å². The van der Waals surface area contributed by atoms with E-state index in [0.29, 0.717) is 42.3 Å². The Morgan fingerprint density at radius 3 is 2.23 bits per heavy atom. The molecule has 0 aromatic heterocycles. The summed E-state index contributed by atoms with van der Waals surface area (Å²) in [7, 11) is 0. The number of rotatable bonds is 9. The number of amides is 2. The zero-order valence-corrected chi connectivity index (χ0v) is 35.4. The third-order valence-electron chi connectivity index (χ3n) is 17.7. The van der Waals surface area contributed by atoms with Crippen LogP contribution in [0.2, 0.25) is 0 Å². The maximum absolute atomic E-state index is 14.8. The van der Waals surface area contributed by atoms with Gasteiger partial charge in [-0.05, 0) is 158 Å². The number of nitrogens with one attached hydrogen (secondary N) is 2. The van der Waals surface area contributed by atoms with Gasteiger partial charge in [-0.2, -0.15) is 0 Å². The Bertz CT molecular complexity index is 1900. The van der Waals surface area contributed by atoms with Gasteiger partial charge < -0.3 is 20.8 Å². The van der Waals surface area contributed by atoms with Crippen molar-refractivity contribution in [2.75, 3.05) is 6.54 Å². The van der Waals surface area contributed by atoms with Gasteiger partial charge in [-0.3, -0.25) is 9.59 Å². The van der Waals surface area contributed by atoms with Gasteiger partial charge in [-0.25, -0.2) is 4.79 Å². The molecule has 7 heteroatoms. The molecule has 0 radical (unpaired) electrons. The number of carboxylic acids is 1. The number of benzene rings is 2. The number of carboxylic acid groups (broad SMARTS) is 1. The van der Waals surface area contributed by atoms with Gasteiger partial charge in [-0.15, -0.1) is 0 Å². The van der Waals surface area contributed by atoms with E-state index in [1.54, 1.807) is 24.3 Å². The van der Waals surface area contributed by atoms with Crippen LogP contribution in [0.25, 0.3) is 0 Å². The number of allylic oxidation sites excluding steroid dienone is 1. The largest absolute Gasteiger partial charge is 0.478 e. The first-order valence-corrected chi connectivity index (χ1v) is 21.5. The van der Waals surface area contributed by atoms with E-state index in [9.17, 15) is 24.6 Å². The Morgan fingerprint density at radius 2 is 1.52 bits per heavy atom. The number of hydrogen-bond acceptors (Lipinski definition) is 4. The summed E-state index contributed by atoms with van der Waals surface area (Å²) in [5, 5.41) is 27.1. The van der Waals surface area contributed by atoms with Gasteiger partial charge in [0.25, 0.3) is 5.91 Å². The van der Waals surface area contributed by atoms with Crippen molar-refractivity contribution in [2.24, 2.45) is 56.7 Å². The number of carbonyl (C=O) groups excluding carboxylic acids is 2. The Labute approximate surface area is 335 Å². The van der Waals surface area contributed by atoms with Crippen LogP contribution in [0.5, 0.6) is 0 Å². The summed E-state index contributed by atoms with van der Waals surface area (Å²) in [6, 6.07) is 14.4. The van der Waals surface area contributed by atoms with E-state index in [-0.39, 0.29) is 51.1 Å². The summed E-state index contributed by atoms with van der Waals surface area (Å²) in [5.41, 5.74) is 3.26. The quantitative estimate of drug-likeness (QED) is 0.190. The first-order valence-electron chi connectivity index (χ1n) is 21.5. The number of carbonyl (C=O) groups is 3. The maximum Gasteiger partial charge on any atom is 0.335 e. The second-order valence-corrected chi connectivity index (χ2v) is 21.1. The third kappa shape index (κ3) is 6.28. The van der Waals surface area contributed by atoms with Crippen LogP contribution in [-0.2, 0) is 16.8 Å². The maximum atomic E-state index is 14.8. The Hall–Kier alpha value is -3.45. The number of aliphatic hydroxyl groups is 1. The molecule has 8 unspecified atom stereocenters. The normalized spacial score (nSPS) is 37.2. The molecule has 10 atom stereocenters. The van der Waals surface area contributed by atoms with Gasteiger partial charge in [0.2, 0.25) is 5.91 Å². The fourth-order valence-corrected chi connectivity index (χ4v) is 14.3. The summed E-state index contributed by atoms with van der Waals surface area (Å²) < 4.78 is 0. The molecule has 5 saturated carbocycles. The van der Waals surface area contributed by atoms with Gasteiger partial charge in [0.15, 0.2) is 0 Å². The first kappa shape index (κ1) is 40.7. The predicted molar refractivity (Wildman–Crippen MR) is 222 cm³/mol. The highest BCUT2D eigenvalue weighted by molar-refractivity contribution is 5.94. The van der Waals surface area contributed by atoms with E-state index < -0.39 is 16.8 Å². The van der Waals surface area contributed by atoms with Crippen LogP contribution >= 0.6 is 0 Å². The molecule has 0 bridgehead atoms. The SMILES string of the molecule is C=C(C)[C@@H]1CCC2(C(=O)NCc3cccc(C(=O)NCC(C)(C)c4cccc(C(=O)O)c4)c3)CC[C@]3(C)C(CCC4C5(C)CCC(O)C(C)(C)C5CCC43C)C12. The lowest BCUT2D eigenvalue weighted by Gasteiger charge is -2.72. The van der Waals surface area contributed by atoms with Crippen LogP contribution in [0.4, 0.5) is 0 Å². The number of aliphatic hydroxyl groups excluding tert-OH is 1. The van der Waals surface area contributed by atoms with Crippen LogP contribution < -0.4 is 10.6 Å². The average Bonchev–Trinajstić information content (AvgIpc) is 3.56. The van der Waals surface area contributed by atoms with Crippen molar-refractivity contribution in [1.29, 1.82) is 0 Å². The van der Waals surface area contributed by atoms with Crippen LogP contribution in [0.15, 0.2) is 60.7 Å². The van der Waals surface area contributed by atoms with E-state index >= 15 is 0 Å². The number of hydrogen-bond donors (Lipinski definition) is 4. The highest BCUT2D eigenvalue weighted by Crippen LogP contribution is 2.77. The smallest absolute Gasteiger partial charge is 0.335 e. The zero-order chi connectivity index (χ0) is 40.6. The van der Waals surface area contributed by atoms with Crippen molar-refractivity contribution in [1.82, 2.24) is 10.6 Å². The van der Waals surface area contributed by atoms with Crippen molar-refractivity contribution in [3.05, 3.63) is 82.9 Å². The Morgan fingerprint density at radius 1 is 0.804 bits per heavy atom. The molecule has 4 N–H and O–H groups in total. The van der Waals surface area contributed by atoms with Crippen molar-refractivity contribution >= 4 is 17.8 Å². The molecular weight excluding hydrogens is 697 g/mol. The molecule has 0 heterocycles. The molecule has 7 rings (SSSR count). The second-order valence-electron chi connectivity index (χ2n) is 21.1. The van der Waals surface area contributed by atoms with E-state index in [1.807, 2.05) is 38.1 Å². The summed E-state index contributed by atoms with van der Waals surface area (Å²) in [6.07, 6.45) is 10.4. The summed E-state index contributed by atoms with van der Waals surface area (Å²) >= 11 is 0. The zero-order valence-electron chi connectivity index (χ0n) is 35.4. The van der Waals surface area contributed by atoms with Gasteiger partial charge in [0, 0.05) is 24.1 Å². The van der Waals surface area contributed by atoms with Crippen molar-refractivity contribution in [3.8, 4) is 0 Å². The lowest BCUT2D eigenvalue weighted by Crippen LogP contribution is -2.67. The second kappa shape index (κ2) is 14.1. The van der Waals surface area contributed by atoms with Gasteiger partial charge in [0.1, 0.15) is 0 Å². The van der Waals surface area contributed by atoms with Gasteiger partial charge in [-0.1, -0.05) is 84.9 Å². The first-order chi connectivity index (χ1) is 26.2. The van der Waals surface area contributed by atoms with E-state index in [2.05, 4.69) is 58.8 Å². The molecule has 5 aliphatic carbocycles. The highest BCUT2D eigenvalue weighted by atomic mass is 16.4. The summed E-state index contributed by atoms with van der Waals surface area (Å²) in [5.74, 6) is 1.19. The third-order valence-corrected chi connectivity index (χ3v) is 17.7. The molecule has 304 valence electrons.